The zero-order valence-corrected chi connectivity index (χ0v) is 22.0. The van der Waals surface area contributed by atoms with Crippen LogP contribution in [-0.4, -0.2) is 51.8 Å². The van der Waals surface area contributed by atoms with Crippen molar-refractivity contribution in [3.05, 3.63) is 0 Å². The monoisotopic (exact) mass is 474 g/mol. The summed E-state index contributed by atoms with van der Waals surface area (Å²) in [4.78, 5) is 0. The molecule has 2 heterocycles. The largest absolute Gasteiger partial charge is 0.381 e. The van der Waals surface area contributed by atoms with Gasteiger partial charge in [-0.25, -0.2) is 0 Å². The van der Waals surface area contributed by atoms with Gasteiger partial charge in [0.1, 0.15) is 19.3 Å². The van der Waals surface area contributed by atoms with Gasteiger partial charge in [-0.2, -0.15) is 0 Å². The van der Waals surface area contributed by atoms with Crippen molar-refractivity contribution in [2.45, 2.75) is 23.1 Å². The third-order valence-electron chi connectivity index (χ3n) is 3.39. The summed E-state index contributed by atoms with van der Waals surface area (Å²) < 4.78 is 17.7. The molecule has 13 atom stereocenters. The van der Waals surface area contributed by atoms with Crippen molar-refractivity contribution >= 4 is 88.0 Å². The molecule has 2 rings (SSSR count). The number of methoxy groups -OCH3 is 2. The lowest BCUT2D eigenvalue weighted by atomic mass is 9.95. The van der Waals surface area contributed by atoms with E-state index >= 15 is 0 Å². The first-order valence-electron chi connectivity index (χ1n) is 6.04. The van der Waals surface area contributed by atoms with Crippen LogP contribution >= 0.6 is 80.2 Å². The molecule has 0 N–H and O–H groups in total. The third kappa shape index (κ3) is 4.40. The molecule has 0 spiro atoms. The minimum atomic E-state index is -0.330. The van der Waals surface area contributed by atoms with Crippen LogP contribution in [0.4, 0.5) is 0 Å². The maximum Gasteiger partial charge on any atom is 0.138 e. The molecular formula is C7H21BO3P10. The minimum Gasteiger partial charge on any atom is -0.381 e. The van der Waals surface area contributed by atoms with E-state index in [4.69, 9.17) is 22.1 Å². The molecular weight excluding hydrogens is 453 g/mol. The maximum atomic E-state index is 6.42. The molecule has 0 aromatic rings. The average molecular weight is 474 g/mol. The van der Waals surface area contributed by atoms with Gasteiger partial charge < -0.3 is 14.2 Å². The van der Waals surface area contributed by atoms with E-state index in [0.29, 0.717) is 12.3 Å². The fraction of sp³-hybridized carbons (Fsp3) is 1.00. The van der Waals surface area contributed by atoms with Crippen LogP contribution < -0.4 is 0 Å². The van der Waals surface area contributed by atoms with Crippen LogP contribution in [0.2, 0.25) is 0 Å². The van der Waals surface area contributed by atoms with Crippen LogP contribution in [0.5, 0.6) is 0 Å². The smallest absolute Gasteiger partial charge is 0.138 e. The molecule has 0 aromatic carbocycles. The lowest BCUT2D eigenvalue weighted by Gasteiger charge is -2.39. The van der Waals surface area contributed by atoms with E-state index in [2.05, 4.69) is 35.7 Å². The van der Waals surface area contributed by atoms with E-state index in [9.17, 15) is 0 Å². The Morgan fingerprint density at radius 2 is 2.14 bits per heavy atom. The second-order valence-corrected chi connectivity index (χ2v) is 40.9. The fourth-order valence-corrected chi connectivity index (χ4v) is 85.5. The lowest BCUT2D eigenvalue weighted by Crippen LogP contribution is -2.42. The predicted molar refractivity (Wildman–Crippen MR) is 123 cm³/mol. The highest BCUT2D eigenvalue weighted by atomic mass is 33.1. The van der Waals surface area contributed by atoms with E-state index in [1.807, 2.05) is 0 Å². The molecule has 0 amide bonds. The van der Waals surface area contributed by atoms with Crippen LogP contribution in [0.15, 0.2) is 0 Å². The van der Waals surface area contributed by atoms with E-state index in [1.165, 1.54) is 0 Å². The van der Waals surface area contributed by atoms with Gasteiger partial charge in [0.15, 0.2) is 0 Å². The fourth-order valence-electron chi connectivity index (χ4n) is 2.70. The van der Waals surface area contributed by atoms with Crippen molar-refractivity contribution in [2.75, 3.05) is 20.8 Å². The summed E-state index contributed by atoms with van der Waals surface area (Å²) in [5.74, 6) is 0. The minimum absolute atomic E-state index is 0.0108. The highest BCUT2D eigenvalue weighted by Gasteiger charge is 2.61. The molecule has 14 heteroatoms. The van der Waals surface area contributed by atoms with Crippen molar-refractivity contribution in [1.82, 2.24) is 0 Å². The number of fused-ring (bicyclic) bond motifs is 2. The summed E-state index contributed by atoms with van der Waals surface area (Å²) >= 11 is 0. The summed E-state index contributed by atoms with van der Waals surface area (Å²) in [6.45, 7) is 0.323. The molecule has 0 aliphatic carbocycles. The van der Waals surface area contributed by atoms with E-state index in [0.717, 1.165) is 16.2 Å². The highest BCUT2D eigenvalue weighted by Crippen LogP contribution is 3.14. The lowest BCUT2D eigenvalue weighted by molar-refractivity contribution is -0.0565. The molecule has 2 bridgehead atoms. The molecule has 120 valence electrons. The maximum absolute atomic E-state index is 6.42. The zero-order chi connectivity index (χ0) is 15.8. The number of hydrogen-bond acceptors (Lipinski definition) is 3. The van der Waals surface area contributed by atoms with Crippen molar-refractivity contribution in [3.63, 3.8) is 0 Å². The second kappa shape index (κ2) is 9.44. The standard InChI is InChI=1S/C7H21BO3P10/c1-9-3-7-5(10-2)4(6(8)11-7)18(19(13)14)21(17-12)20(15)16-7/h4-6,16-17H,3,12-15H2,1-2H3. The summed E-state index contributed by atoms with van der Waals surface area (Å²) in [5.41, 5.74) is 0.334. The summed E-state index contributed by atoms with van der Waals surface area (Å²) in [6, 6.07) is -0.213. The van der Waals surface area contributed by atoms with Gasteiger partial charge in [0.25, 0.3) is 0 Å². The first-order chi connectivity index (χ1) is 9.91. The zero-order valence-electron chi connectivity index (χ0n) is 11.8. The Bertz CT molecular complexity index is 366. The summed E-state index contributed by atoms with van der Waals surface area (Å²) in [5, 5.41) is -0.330. The average Bonchev–Trinajstić information content (AvgIpc) is 2.60. The Morgan fingerprint density at radius 1 is 1.48 bits per heavy atom. The molecule has 2 aliphatic heterocycles. The molecule has 3 nitrogen and oxygen atoms in total. The number of ether oxygens (including phenoxy) is 3. The van der Waals surface area contributed by atoms with Crippen LogP contribution in [0.25, 0.3) is 0 Å². The Morgan fingerprint density at radius 3 is 2.62 bits per heavy atom. The van der Waals surface area contributed by atoms with Crippen LogP contribution in [0.3, 0.4) is 0 Å². The Balaban J connectivity index is 2.46. The molecule has 2 aliphatic rings. The molecule has 0 aromatic heterocycles. The van der Waals surface area contributed by atoms with Gasteiger partial charge in [-0.1, -0.05) is 7.96 Å². The SMILES string of the molecule is [B]C1OC2(COC)PP(P)P(PP)P(P(P)P)C1C2OC. The molecule has 2 fully saturated rings. The van der Waals surface area contributed by atoms with Crippen molar-refractivity contribution in [1.29, 1.82) is 0 Å². The number of hydrogen-bond donors (Lipinski definition) is 0. The highest BCUT2D eigenvalue weighted by molar-refractivity contribution is 9.12. The Hall–Kier alpha value is 4.24. The van der Waals surface area contributed by atoms with E-state index in [-0.39, 0.29) is 45.7 Å². The molecule has 21 heavy (non-hydrogen) atoms. The topological polar surface area (TPSA) is 27.7 Å². The Labute approximate surface area is 146 Å². The van der Waals surface area contributed by atoms with Gasteiger partial charge in [0, 0.05) is 25.9 Å². The van der Waals surface area contributed by atoms with Crippen LogP contribution in [0.1, 0.15) is 0 Å². The molecule has 13 unspecified atom stereocenters. The molecule has 2 saturated heterocycles. The molecule has 2 radical (unpaired) electrons. The molecule has 0 saturated carbocycles. The van der Waals surface area contributed by atoms with Crippen LogP contribution in [0, 0.1) is 0 Å². The van der Waals surface area contributed by atoms with Gasteiger partial charge >= 0.3 is 0 Å². The first kappa shape index (κ1) is 21.5. The van der Waals surface area contributed by atoms with Crippen LogP contribution in [-0.2, 0) is 14.2 Å². The van der Waals surface area contributed by atoms with Gasteiger partial charge in [-0.05, 0) is 36.5 Å². The summed E-state index contributed by atoms with van der Waals surface area (Å²) in [6.07, 6.45) is 0.0717. The number of rotatable bonds is 5. The predicted octanol–water partition coefficient (Wildman–Crippen LogP) is 5.27. The van der Waals surface area contributed by atoms with Crippen molar-refractivity contribution in [2.24, 2.45) is 0 Å². The van der Waals surface area contributed by atoms with Crippen molar-refractivity contribution in [3.8, 4) is 0 Å². The van der Waals surface area contributed by atoms with Gasteiger partial charge in [0.05, 0.1) is 6.61 Å². The van der Waals surface area contributed by atoms with Gasteiger partial charge in [-0.3, -0.25) is 0 Å². The van der Waals surface area contributed by atoms with Gasteiger partial charge in [-0.15, -0.1) is 35.7 Å². The van der Waals surface area contributed by atoms with Crippen molar-refractivity contribution < 1.29 is 14.2 Å². The van der Waals surface area contributed by atoms with E-state index in [1.54, 1.807) is 14.2 Å². The summed E-state index contributed by atoms with van der Waals surface area (Å²) in [7, 11) is 23.7. The van der Waals surface area contributed by atoms with Gasteiger partial charge in [0.2, 0.25) is 0 Å². The quantitative estimate of drug-likeness (QED) is 0.402. The Kier molecular flexibility index (Phi) is 9.69. The third-order valence-corrected chi connectivity index (χ3v) is 58.0. The second-order valence-electron chi connectivity index (χ2n) is 4.63. The first-order valence-corrected chi connectivity index (χ1v) is 23.9. The van der Waals surface area contributed by atoms with E-state index < -0.39 is 0 Å². The normalized spacial score (nSPS) is 48.5.